The number of aromatic nitrogens is 1. The number of ether oxygens (including phenoxy) is 1. The number of anilines is 1. The van der Waals surface area contributed by atoms with Crippen LogP contribution in [0.4, 0.5) is 18.9 Å². The molecule has 1 aliphatic heterocycles. The predicted molar refractivity (Wildman–Crippen MR) is 98.3 cm³/mol. The van der Waals surface area contributed by atoms with Gasteiger partial charge in [0.05, 0.1) is 21.8 Å². The van der Waals surface area contributed by atoms with Gasteiger partial charge in [-0.05, 0) is 36.4 Å². The van der Waals surface area contributed by atoms with Crippen LogP contribution < -0.4 is 9.64 Å². The Hall–Kier alpha value is -3.39. The van der Waals surface area contributed by atoms with Crippen LogP contribution in [0.15, 0.2) is 60.7 Å². The summed E-state index contributed by atoms with van der Waals surface area (Å²) in [6.07, 6.45) is -4.61. The molecule has 0 atom stereocenters. The fourth-order valence-corrected chi connectivity index (χ4v) is 3.09. The summed E-state index contributed by atoms with van der Waals surface area (Å²) in [5.41, 5.74) is -0.330. The third-order valence-electron chi connectivity index (χ3n) is 4.20. The van der Waals surface area contributed by atoms with Crippen LogP contribution in [0, 0.1) is 0 Å². The predicted octanol–water partition coefficient (Wildman–Crippen LogP) is 5.35. The lowest BCUT2D eigenvalue weighted by atomic mass is 10.1. The molecule has 3 aromatic rings. The second-order valence-corrected chi connectivity index (χ2v) is 6.47. The van der Waals surface area contributed by atoms with Crippen LogP contribution in [0.2, 0.25) is 5.02 Å². The summed E-state index contributed by atoms with van der Waals surface area (Å²) in [7, 11) is 0. The van der Waals surface area contributed by atoms with E-state index in [1.54, 1.807) is 24.3 Å². The van der Waals surface area contributed by atoms with E-state index in [2.05, 4.69) is 4.98 Å². The van der Waals surface area contributed by atoms with Gasteiger partial charge in [-0.25, -0.2) is 9.88 Å². The lowest BCUT2D eigenvalue weighted by Crippen LogP contribution is -2.29. The molecule has 0 spiro atoms. The Balaban J connectivity index is 1.62. The van der Waals surface area contributed by atoms with Gasteiger partial charge in [0.25, 0.3) is 11.8 Å². The number of imide groups is 1. The molecule has 9 heteroatoms. The van der Waals surface area contributed by atoms with Crippen LogP contribution in [0.5, 0.6) is 11.6 Å². The van der Waals surface area contributed by atoms with Crippen molar-refractivity contribution >= 4 is 29.1 Å². The lowest BCUT2D eigenvalue weighted by Gasteiger charge is -2.16. The summed E-state index contributed by atoms with van der Waals surface area (Å²) >= 11 is 6.17. The molecular formula is C20H10ClF3N2O3. The number of pyridine rings is 1. The summed E-state index contributed by atoms with van der Waals surface area (Å²) in [5, 5.41) is -0.00160. The molecule has 0 unspecified atom stereocenters. The van der Waals surface area contributed by atoms with E-state index >= 15 is 0 Å². The minimum absolute atomic E-state index is 0.00160. The zero-order valence-corrected chi connectivity index (χ0v) is 15.2. The monoisotopic (exact) mass is 418 g/mol. The molecule has 5 nitrogen and oxygen atoms in total. The van der Waals surface area contributed by atoms with Crippen molar-refractivity contribution in [2.45, 2.75) is 6.18 Å². The van der Waals surface area contributed by atoms with E-state index in [4.69, 9.17) is 16.3 Å². The van der Waals surface area contributed by atoms with Crippen molar-refractivity contribution in [3.63, 3.8) is 0 Å². The Labute approximate surface area is 167 Å². The van der Waals surface area contributed by atoms with Gasteiger partial charge in [0.1, 0.15) is 11.4 Å². The van der Waals surface area contributed by atoms with Crippen molar-refractivity contribution in [3.05, 3.63) is 82.5 Å². The van der Waals surface area contributed by atoms with Crippen molar-refractivity contribution in [2.24, 2.45) is 0 Å². The molecule has 1 aliphatic rings. The fourth-order valence-electron chi connectivity index (χ4n) is 2.88. The van der Waals surface area contributed by atoms with Gasteiger partial charge in [0.2, 0.25) is 5.88 Å². The van der Waals surface area contributed by atoms with Gasteiger partial charge in [-0.2, -0.15) is 13.2 Å². The van der Waals surface area contributed by atoms with Gasteiger partial charge in [0, 0.05) is 6.07 Å². The number of benzene rings is 2. The Morgan fingerprint density at radius 2 is 1.55 bits per heavy atom. The third-order valence-corrected chi connectivity index (χ3v) is 4.49. The number of carbonyl (C=O) groups excluding carboxylic acids is 2. The second kappa shape index (κ2) is 6.89. The first-order valence-electron chi connectivity index (χ1n) is 8.25. The molecule has 2 amide bonds. The number of amides is 2. The van der Waals surface area contributed by atoms with E-state index in [1.807, 2.05) is 0 Å². The molecule has 2 aromatic carbocycles. The van der Waals surface area contributed by atoms with Gasteiger partial charge in [-0.1, -0.05) is 29.8 Å². The first kappa shape index (κ1) is 18.9. The van der Waals surface area contributed by atoms with E-state index < -0.39 is 23.7 Å². The standard InChI is InChI=1S/C20H10ClF3N2O3/c21-14-10-11(26-18(27)12-4-1-2-5-13(12)19(26)28)8-9-15(14)29-17-7-3-6-16(25-17)20(22,23)24/h1-10H. The second-order valence-electron chi connectivity index (χ2n) is 6.07. The molecule has 146 valence electrons. The van der Waals surface area contributed by atoms with Crippen molar-refractivity contribution in [1.29, 1.82) is 0 Å². The van der Waals surface area contributed by atoms with E-state index in [1.165, 1.54) is 24.3 Å². The summed E-state index contributed by atoms with van der Waals surface area (Å²) < 4.78 is 43.7. The molecule has 0 bridgehead atoms. The Kier molecular flexibility index (Phi) is 4.50. The SMILES string of the molecule is O=C1c2ccccc2C(=O)N1c1ccc(Oc2cccc(C(F)(F)F)n2)c(Cl)c1. The topological polar surface area (TPSA) is 59.5 Å². The summed E-state index contributed by atoms with van der Waals surface area (Å²) in [6.45, 7) is 0. The molecule has 0 radical (unpaired) electrons. The van der Waals surface area contributed by atoms with Gasteiger partial charge in [-0.15, -0.1) is 0 Å². The molecule has 0 saturated carbocycles. The molecule has 0 fully saturated rings. The van der Waals surface area contributed by atoms with E-state index in [-0.39, 0.29) is 33.5 Å². The summed E-state index contributed by atoms with van der Waals surface area (Å²) in [5.74, 6) is -1.25. The average Bonchev–Trinajstić information content (AvgIpc) is 2.94. The van der Waals surface area contributed by atoms with E-state index in [9.17, 15) is 22.8 Å². The number of rotatable bonds is 3. The Bertz CT molecular complexity index is 1110. The first-order valence-corrected chi connectivity index (χ1v) is 8.63. The minimum Gasteiger partial charge on any atom is -0.437 e. The van der Waals surface area contributed by atoms with Gasteiger partial charge < -0.3 is 4.74 Å². The highest BCUT2D eigenvalue weighted by atomic mass is 35.5. The third kappa shape index (κ3) is 3.42. The highest BCUT2D eigenvalue weighted by Gasteiger charge is 2.36. The first-order chi connectivity index (χ1) is 13.8. The van der Waals surface area contributed by atoms with Gasteiger partial charge >= 0.3 is 6.18 Å². The largest absolute Gasteiger partial charge is 0.437 e. The molecule has 0 aliphatic carbocycles. The van der Waals surface area contributed by atoms with Crippen LogP contribution in [0.3, 0.4) is 0 Å². The van der Waals surface area contributed by atoms with Gasteiger partial charge in [0.15, 0.2) is 0 Å². The molecule has 1 aromatic heterocycles. The molecule has 29 heavy (non-hydrogen) atoms. The maximum absolute atomic E-state index is 12.8. The quantitative estimate of drug-likeness (QED) is 0.538. The number of carbonyl (C=O) groups is 2. The number of halogens is 4. The molecular weight excluding hydrogens is 409 g/mol. The zero-order chi connectivity index (χ0) is 20.8. The van der Waals surface area contributed by atoms with Crippen LogP contribution >= 0.6 is 11.6 Å². The summed E-state index contributed by atoms with van der Waals surface area (Å²) in [4.78, 5) is 29.5. The van der Waals surface area contributed by atoms with Crippen LogP contribution in [0.25, 0.3) is 0 Å². The number of hydrogen-bond donors (Lipinski definition) is 0. The Morgan fingerprint density at radius 3 is 2.14 bits per heavy atom. The highest BCUT2D eigenvalue weighted by Crippen LogP contribution is 2.36. The molecule has 2 heterocycles. The Morgan fingerprint density at radius 1 is 0.897 bits per heavy atom. The molecule has 0 N–H and O–H groups in total. The van der Waals surface area contributed by atoms with Crippen LogP contribution in [0.1, 0.15) is 26.4 Å². The number of alkyl halides is 3. The van der Waals surface area contributed by atoms with Crippen molar-refractivity contribution in [1.82, 2.24) is 4.98 Å². The minimum atomic E-state index is -4.61. The number of fused-ring (bicyclic) bond motifs is 1. The smallest absolute Gasteiger partial charge is 0.433 e. The summed E-state index contributed by atoms with van der Waals surface area (Å²) in [6, 6.07) is 13.7. The maximum atomic E-state index is 12.8. The van der Waals surface area contributed by atoms with E-state index in [0.29, 0.717) is 0 Å². The van der Waals surface area contributed by atoms with Crippen LogP contribution in [-0.2, 0) is 6.18 Å². The zero-order valence-electron chi connectivity index (χ0n) is 14.4. The normalized spacial score (nSPS) is 13.6. The fraction of sp³-hybridized carbons (Fsp3) is 0.0500. The number of nitrogens with zero attached hydrogens (tertiary/aromatic N) is 2. The van der Waals surface area contributed by atoms with Gasteiger partial charge in [-0.3, -0.25) is 9.59 Å². The molecule has 4 rings (SSSR count). The maximum Gasteiger partial charge on any atom is 0.433 e. The van der Waals surface area contributed by atoms with E-state index in [0.717, 1.165) is 17.0 Å². The van der Waals surface area contributed by atoms with Crippen molar-refractivity contribution < 1.29 is 27.5 Å². The highest BCUT2D eigenvalue weighted by molar-refractivity contribution is 6.36. The lowest BCUT2D eigenvalue weighted by molar-refractivity contribution is -0.141. The van der Waals surface area contributed by atoms with Crippen LogP contribution in [-0.4, -0.2) is 16.8 Å². The average molecular weight is 419 g/mol. The van der Waals surface area contributed by atoms with Crippen molar-refractivity contribution in [3.8, 4) is 11.6 Å². The number of hydrogen-bond acceptors (Lipinski definition) is 4. The molecule has 0 saturated heterocycles. The van der Waals surface area contributed by atoms with Crippen molar-refractivity contribution in [2.75, 3.05) is 4.90 Å².